The van der Waals surface area contributed by atoms with Gasteiger partial charge in [-0.3, -0.25) is 4.72 Å². The number of anilines is 1. The van der Waals surface area contributed by atoms with Gasteiger partial charge < -0.3 is 4.74 Å². The van der Waals surface area contributed by atoms with Gasteiger partial charge in [0.05, 0.1) is 18.4 Å². The van der Waals surface area contributed by atoms with Crippen molar-refractivity contribution in [3.05, 3.63) is 29.8 Å². The molecular weight excluding hydrogens is 242 g/mol. The highest BCUT2D eigenvalue weighted by atomic mass is 35.7. The van der Waals surface area contributed by atoms with Crippen molar-refractivity contribution in [2.75, 3.05) is 11.8 Å². The number of halogens is 1. The molecule has 0 radical (unpaired) electrons. The number of carbonyl (C=O) groups is 1. The van der Waals surface area contributed by atoms with Crippen LogP contribution in [0.15, 0.2) is 24.3 Å². The van der Waals surface area contributed by atoms with Crippen LogP contribution < -0.4 is 4.72 Å². The fraction of sp³-hybridized carbons (Fsp3) is 0.125. The summed E-state index contributed by atoms with van der Waals surface area (Å²) in [6.45, 7) is 0. The molecule has 0 spiro atoms. The second kappa shape index (κ2) is 4.50. The molecule has 1 aromatic carbocycles. The van der Waals surface area contributed by atoms with Crippen LogP contribution in [-0.2, 0) is 14.0 Å². The first-order chi connectivity index (χ1) is 6.92. The third kappa shape index (κ3) is 3.77. The molecule has 0 saturated heterocycles. The Kier molecular flexibility index (Phi) is 3.54. The monoisotopic (exact) mass is 249 g/mol. The van der Waals surface area contributed by atoms with Gasteiger partial charge in [0.15, 0.2) is 0 Å². The van der Waals surface area contributed by atoms with Gasteiger partial charge in [-0.2, -0.15) is 8.42 Å². The zero-order valence-electron chi connectivity index (χ0n) is 7.73. The second-order valence-corrected chi connectivity index (χ2v) is 4.91. The van der Waals surface area contributed by atoms with Gasteiger partial charge in [-0.05, 0) is 18.2 Å². The Morgan fingerprint density at radius 3 is 2.67 bits per heavy atom. The van der Waals surface area contributed by atoms with Gasteiger partial charge in [0, 0.05) is 10.7 Å². The molecule has 0 aromatic heterocycles. The smallest absolute Gasteiger partial charge is 0.337 e. The lowest BCUT2D eigenvalue weighted by atomic mass is 10.2. The molecule has 82 valence electrons. The van der Waals surface area contributed by atoms with E-state index in [4.69, 9.17) is 10.7 Å². The number of ether oxygens (including phenoxy) is 1. The van der Waals surface area contributed by atoms with Gasteiger partial charge in [0.2, 0.25) is 0 Å². The molecule has 5 nitrogen and oxygen atoms in total. The molecule has 0 unspecified atom stereocenters. The van der Waals surface area contributed by atoms with Crippen molar-refractivity contribution in [3.63, 3.8) is 0 Å². The third-order valence-electron chi connectivity index (χ3n) is 1.52. The molecular formula is C8H8ClNO4S. The Balaban J connectivity index is 2.98. The maximum absolute atomic E-state index is 11.1. The van der Waals surface area contributed by atoms with Crippen LogP contribution in [0.3, 0.4) is 0 Å². The molecule has 15 heavy (non-hydrogen) atoms. The Hall–Kier alpha value is -1.27. The predicted octanol–water partition coefficient (Wildman–Crippen LogP) is 1.37. The summed E-state index contributed by atoms with van der Waals surface area (Å²) in [5.41, 5.74) is 0.440. The minimum absolute atomic E-state index is 0.202. The van der Waals surface area contributed by atoms with E-state index in [0.29, 0.717) is 0 Å². The lowest BCUT2D eigenvalue weighted by Crippen LogP contribution is -2.06. The van der Waals surface area contributed by atoms with E-state index in [2.05, 4.69) is 4.74 Å². The van der Waals surface area contributed by atoms with Crippen molar-refractivity contribution in [1.29, 1.82) is 0 Å². The first kappa shape index (κ1) is 11.8. The molecule has 0 saturated carbocycles. The normalized spacial score (nSPS) is 10.8. The Labute approximate surface area is 91.6 Å². The van der Waals surface area contributed by atoms with Crippen LogP contribution in [0.4, 0.5) is 5.69 Å². The highest BCUT2D eigenvalue weighted by molar-refractivity contribution is 8.14. The number of benzene rings is 1. The number of hydrogen-bond donors (Lipinski definition) is 1. The molecule has 7 heteroatoms. The van der Waals surface area contributed by atoms with Crippen LogP contribution in [0.5, 0.6) is 0 Å². The number of carbonyl (C=O) groups excluding carboxylic acids is 1. The molecule has 0 aliphatic carbocycles. The van der Waals surface area contributed by atoms with Crippen LogP contribution in [0.2, 0.25) is 0 Å². The summed E-state index contributed by atoms with van der Waals surface area (Å²) >= 11 is 0. The van der Waals surface area contributed by atoms with Crippen LogP contribution in [0.25, 0.3) is 0 Å². The van der Waals surface area contributed by atoms with Gasteiger partial charge in [0.1, 0.15) is 0 Å². The largest absolute Gasteiger partial charge is 0.465 e. The molecule has 0 bridgehead atoms. The van der Waals surface area contributed by atoms with Crippen molar-refractivity contribution in [3.8, 4) is 0 Å². The minimum Gasteiger partial charge on any atom is -0.465 e. The lowest BCUT2D eigenvalue weighted by Gasteiger charge is -2.03. The number of hydrogen-bond acceptors (Lipinski definition) is 4. The Morgan fingerprint density at radius 2 is 2.13 bits per heavy atom. The second-order valence-electron chi connectivity index (χ2n) is 2.61. The van der Waals surface area contributed by atoms with E-state index in [0.717, 1.165) is 0 Å². The van der Waals surface area contributed by atoms with E-state index < -0.39 is 15.2 Å². The first-order valence-electron chi connectivity index (χ1n) is 3.83. The van der Waals surface area contributed by atoms with Crippen molar-refractivity contribution < 1.29 is 17.9 Å². The summed E-state index contributed by atoms with van der Waals surface area (Å²) in [4.78, 5) is 11.1. The average molecular weight is 250 g/mol. The maximum atomic E-state index is 11.1. The first-order valence-corrected chi connectivity index (χ1v) is 6.14. The predicted molar refractivity (Wildman–Crippen MR) is 56.2 cm³/mol. The van der Waals surface area contributed by atoms with Crippen molar-refractivity contribution in [1.82, 2.24) is 0 Å². The fourth-order valence-corrected chi connectivity index (χ4v) is 1.64. The number of rotatable bonds is 3. The molecule has 0 fully saturated rings. The molecule has 1 N–H and O–H groups in total. The van der Waals surface area contributed by atoms with Gasteiger partial charge >= 0.3 is 15.2 Å². The molecule has 0 amide bonds. The average Bonchev–Trinajstić information content (AvgIpc) is 2.14. The number of methoxy groups -OCH3 is 1. The van der Waals surface area contributed by atoms with E-state index in [1.807, 2.05) is 4.72 Å². The van der Waals surface area contributed by atoms with E-state index in [1.165, 1.54) is 31.4 Å². The summed E-state index contributed by atoms with van der Waals surface area (Å²) in [6, 6.07) is 5.80. The topological polar surface area (TPSA) is 72.5 Å². The summed E-state index contributed by atoms with van der Waals surface area (Å²) in [5.74, 6) is -0.550. The van der Waals surface area contributed by atoms with Crippen molar-refractivity contribution in [2.24, 2.45) is 0 Å². The minimum atomic E-state index is -3.86. The maximum Gasteiger partial charge on any atom is 0.337 e. The van der Waals surface area contributed by atoms with Crippen molar-refractivity contribution in [2.45, 2.75) is 0 Å². The lowest BCUT2D eigenvalue weighted by molar-refractivity contribution is 0.0601. The van der Waals surface area contributed by atoms with E-state index in [-0.39, 0.29) is 11.3 Å². The van der Waals surface area contributed by atoms with Gasteiger partial charge in [0.25, 0.3) is 0 Å². The van der Waals surface area contributed by atoms with Crippen LogP contribution in [-0.4, -0.2) is 21.5 Å². The summed E-state index contributed by atoms with van der Waals surface area (Å²) in [7, 11) is 2.36. The summed E-state index contributed by atoms with van der Waals surface area (Å²) in [5, 5.41) is 0. The zero-order chi connectivity index (χ0) is 11.5. The fourth-order valence-electron chi connectivity index (χ4n) is 0.968. The molecule has 0 aliphatic rings. The van der Waals surface area contributed by atoms with Crippen LogP contribution >= 0.6 is 10.7 Å². The van der Waals surface area contributed by atoms with E-state index in [9.17, 15) is 13.2 Å². The molecule has 0 heterocycles. The molecule has 0 aliphatic heterocycles. The molecule has 1 rings (SSSR count). The molecule has 0 atom stereocenters. The highest BCUT2D eigenvalue weighted by Gasteiger charge is 2.08. The quantitative estimate of drug-likeness (QED) is 0.649. The van der Waals surface area contributed by atoms with Crippen LogP contribution in [0, 0.1) is 0 Å². The Bertz CT molecular complexity index is 471. The molecule has 1 aromatic rings. The van der Waals surface area contributed by atoms with Crippen molar-refractivity contribution >= 4 is 31.6 Å². The Morgan fingerprint density at radius 1 is 1.47 bits per heavy atom. The van der Waals surface area contributed by atoms with E-state index in [1.54, 1.807) is 0 Å². The third-order valence-corrected chi connectivity index (χ3v) is 2.23. The van der Waals surface area contributed by atoms with Crippen LogP contribution in [0.1, 0.15) is 10.4 Å². The van der Waals surface area contributed by atoms with E-state index >= 15 is 0 Å². The SMILES string of the molecule is COC(=O)c1cccc(NS(=O)(=O)Cl)c1. The van der Waals surface area contributed by atoms with Gasteiger partial charge in [-0.15, -0.1) is 0 Å². The summed E-state index contributed by atoms with van der Waals surface area (Å²) in [6.07, 6.45) is 0. The summed E-state index contributed by atoms with van der Waals surface area (Å²) < 4.78 is 27.9. The number of esters is 1. The van der Waals surface area contributed by atoms with Gasteiger partial charge in [-0.1, -0.05) is 6.07 Å². The number of nitrogens with one attached hydrogen (secondary N) is 1. The highest BCUT2D eigenvalue weighted by Crippen LogP contribution is 2.14. The van der Waals surface area contributed by atoms with Gasteiger partial charge in [-0.25, -0.2) is 4.79 Å². The standard InChI is InChI=1S/C8H8ClNO4S/c1-14-8(11)6-3-2-4-7(5-6)10-15(9,12)13/h2-5,10H,1H3. The zero-order valence-corrected chi connectivity index (χ0v) is 9.30.